The number of carbonyl (C=O) groups excluding carboxylic acids is 2. The Morgan fingerprint density at radius 2 is 2.04 bits per heavy atom. The Morgan fingerprint density at radius 1 is 1.33 bits per heavy atom. The summed E-state index contributed by atoms with van der Waals surface area (Å²) in [6.45, 7) is 1.18. The molecule has 0 atom stereocenters. The first-order chi connectivity index (χ1) is 11.4. The number of nitrogens with one attached hydrogen (secondary N) is 2. The summed E-state index contributed by atoms with van der Waals surface area (Å²) in [5.41, 5.74) is 4.67. The molecule has 24 heavy (non-hydrogen) atoms. The topological polar surface area (TPSA) is 128 Å². The summed E-state index contributed by atoms with van der Waals surface area (Å²) in [6, 6.07) is 6.49. The lowest BCUT2D eigenvalue weighted by atomic mass is 10.2. The molecule has 1 heterocycles. The van der Waals surface area contributed by atoms with Crippen LogP contribution in [0.25, 0.3) is 0 Å². The summed E-state index contributed by atoms with van der Waals surface area (Å²) < 4.78 is 6.18. The maximum Gasteiger partial charge on any atom is 0.343 e. The number of hydrogen-bond acceptors (Lipinski definition) is 6. The van der Waals surface area contributed by atoms with Crippen LogP contribution in [-0.4, -0.2) is 33.4 Å². The molecule has 0 radical (unpaired) electrons. The Balaban J connectivity index is 2.00. The van der Waals surface area contributed by atoms with Crippen molar-refractivity contribution in [2.24, 2.45) is 0 Å². The molecule has 126 valence electrons. The summed E-state index contributed by atoms with van der Waals surface area (Å²) in [5, 5.41) is 10.9. The number of ether oxygens (including phenoxy) is 1. The molecular formula is C14H15N5O5. The molecule has 2 rings (SSSR count). The molecule has 10 heteroatoms. The highest BCUT2D eigenvalue weighted by atomic mass is 16.6. The standard InChI is InChI=1S/C14H15N5O5/c1-9-15-7-13(19(22)23)18(9)8-12(20)16-17-14(21)10-5-3-4-6-11(10)24-2/h3-7H,8H2,1-2H3,(H,16,20)(H,17,21). The maximum atomic E-state index is 12.0. The minimum atomic E-state index is -0.638. The van der Waals surface area contributed by atoms with E-state index in [0.717, 1.165) is 10.8 Å². The predicted molar refractivity (Wildman–Crippen MR) is 82.2 cm³/mol. The van der Waals surface area contributed by atoms with Gasteiger partial charge >= 0.3 is 5.82 Å². The van der Waals surface area contributed by atoms with Gasteiger partial charge in [0.2, 0.25) is 0 Å². The molecule has 0 aliphatic rings. The first kappa shape index (κ1) is 16.9. The molecule has 10 nitrogen and oxygen atoms in total. The van der Waals surface area contributed by atoms with Crippen molar-refractivity contribution in [1.82, 2.24) is 20.4 Å². The molecule has 0 saturated heterocycles. The third-order valence-corrected chi connectivity index (χ3v) is 3.19. The van der Waals surface area contributed by atoms with Gasteiger partial charge in [0, 0.05) is 6.92 Å². The fourth-order valence-electron chi connectivity index (χ4n) is 2.01. The summed E-state index contributed by atoms with van der Waals surface area (Å²) >= 11 is 0. The molecule has 0 saturated carbocycles. The van der Waals surface area contributed by atoms with E-state index in [-0.39, 0.29) is 17.9 Å². The number of nitrogens with zero attached hydrogens (tertiary/aromatic N) is 3. The van der Waals surface area contributed by atoms with Crippen LogP contribution in [0.15, 0.2) is 30.5 Å². The van der Waals surface area contributed by atoms with Gasteiger partial charge in [-0.15, -0.1) is 0 Å². The van der Waals surface area contributed by atoms with Crippen LogP contribution in [0.3, 0.4) is 0 Å². The van der Waals surface area contributed by atoms with E-state index >= 15 is 0 Å². The van der Waals surface area contributed by atoms with Crippen molar-refractivity contribution >= 4 is 17.6 Å². The van der Waals surface area contributed by atoms with Gasteiger partial charge in [0.15, 0.2) is 12.4 Å². The lowest BCUT2D eigenvalue weighted by Gasteiger charge is -2.10. The lowest BCUT2D eigenvalue weighted by Crippen LogP contribution is -2.43. The zero-order chi connectivity index (χ0) is 17.7. The molecule has 1 aromatic heterocycles. The Labute approximate surface area is 136 Å². The quantitative estimate of drug-likeness (QED) is 0.608. The van der Waals surface area contributed by atoms with Crippen LogP contribution in [0.1, 0.15) is 16.2 Å². The second-order valence-corrected chi connectivity index (χ2v) is 4.71. The van der Waals surface area contributed by atoms with Crippen molar-refractivity contribution in [3.05, 3.63) is 52.0 Å². The van der Waals surface area contributed by atoms with Crippen molar-refractivity contribution < 1.29 is 19.2 Å². The smallest absolute Gasteiger partial charge is 0.343 e. The van der Waals surface area contributed by atoms with E-state index in [1.54, 1.807) is 18.2 Å². The Morgan fingerprint density at radius 3 is 2.71 bits per heavy atom. The Kier molecular flexibility index (Phi) is 5.09. The van der Waals surface area contributed by atoms with Gasteiger partial charge in [0.05, 0.1) is 12.7 Å². The van der Waals surface area contributed by atoms with E-state index in [0.29, 0.717) is 11.6 Å². The highest BCUT2D eigenvalue weighted by molar-refractivity contribution is 5.97. The van der Waals surface area contributed by atoms with E-state index in [1.807, 2.05) is 0 Å². The van der Waals surface area contributed by atoms with Crippen LogP contribution in [-0.2, 0) is 11.3 Å². The van der Waals surface area contributed by atoms with Crippen LogP contribution in [0.2, 0.25) is 0 Å². The summed E-state index contributed by atoms with van der Waals surface area (Å²) in [7, 11) is 1.42. The van der Waals surface area contributed by atoms with Crippen molar-refractivity contribution in [2.75, 3.05) is 7.11 Å². The number of hydrazine groups is 1. The largest absolute Gasteiger partial charge is 0.496 e. The number of amides is 2. The number of carbonyl (C=O) groups is 2. The third kappa shape index (κ3) is 3.66. The second-order valence-electron chi connectivity index (χ2n) is 4.71. The zero-order valence-corrected chi connectivity index (χ0v) is 13.0. The molecule has 0 unspecified atom stereocenters. The van der Waals surface area contributed by atoms with Gasteiger partial charge in [-0.1, -0.05) is 12.1 Å². The number of imidazole rings is 1. The fourth-order valence-corrected chi connectivity index (χ4v) is 2.01. The molecule has 1 aromatic carbocycles. The molecular weight excluding hydrogens is 318 g/mol. The molecule has 0 bridgehead atoms. The van der Waals surface area contributed by atoms with Gasteiger partial charge in [0.25, 0.3) is 11.8 Å². The molecule has 0 aliphatic carbocycles. The van der Waals surface area contributed by atoms with E-state index in [4.69, 9.17) is 4.74 Å². The van der Waals surface area contributed by atoms with Gasteiger partial charge in [-0.25, -0.2) is 9.55 Å². The van der Waals surface area contributed by atoms with Crippen LogP contribution in [0, 0.1) is 17.0 Å². The predicted octanol–water partition coefficient (Wildman–Crippen LogP) is 0.570. The zero-order valence-electron chi connectivity index (χ0n) is 13.0. The van der Waals surface area contributed by atoms with Gasteiger partial charge in [-0.3, -0.25) is 20.4 Å². The Hall–Kier alpha value is -3.43. The van der Waals surface area contributed by atoms with E-state index in [1.165, 1.54) is 20.1 Å². The van der Waals surface area contributed by atoms with Gasteiger partial charge in [0.1, 0.15) is 11.9 Å². The maximum absolute atomic E-state index is 12.0. The average Bonchev–Trinajstić information content (AvgIpc) is 2.93. The summed E-state index contributed by atoms with van der Waals surface area (Å²) in [5.74, 6) is -0.850. The number of aromatic nitrogens is 2. The first-order valence-corrected chi connectivity index (χ1v) is 6.82. The minimum Gasteiger partial charge on any atom is -0.496 e. The van der Waals surface area contributed by atoms with Crippen molar-refractivity contribution in [1.29, 1.82) is 0 Å². The van der Waals surface area contributed by atoms with Crippen LogP contribution in [0.5, 0.6) is 5.75 Å². The van der Waals surface area contributed by atoms with Gasteiger partial charge < -0.3 is 14.9 Å². The third-order valence-electron chi connectivity index (χ3n) is 3.19. The molecule has 2 aromatic rings. The van der Waals surface area contributed by atoms with E-state index in [2.05, 4.69) is 15.8 Å². The number of methoxy groups -OCH3 is 1. The molecule has 0 spiro atoms. The van der Waals surface area contributed by atoms with Gasteiger partial charge in [-0.05, 0) is 17.1 Å². The number of para-hydroxylation sites is 1. The monoisotopic (exact) mass is 333 g/mol. The molecule has 2 N–H and O–H groups in total. The second kappa shape index (κ2) is 7.22. The van der Waals surface area contributed by atoms with Crippen molar-refractivity contribution in [2.45, 2.75) is 13.5 Å². The average molecular weight is 333 g/mol. The number of aryl methyl sites for hydroxylation is 1. The van der Waals surface area contributed by atoms with E-state index < -0.39 is 16.7 Å². The molecule has 2 amide bonds. The molecule has 0 fully saturated rings. The number of hydrogen-bond donors (Lipinski definition) is 2. The van der Waals surface area contributed by atoms with Crippen LogP contribution >= 0.6 is 0 Å². The minimum absolute atomic E-state index is 0.241. The van der Waals surface area contributed by atoms with Gasteiger partial charge in [-0.2, -0.15) is 0 Å². The number of nitro groups is 1. The van der Waals surface area contributed by atoms with E-state index in [9.17, 15) is 19.7 Å². The highest BCUT2D eigenvalue weighted by Crippen LogP contribution is 2.16. The highest BCUT2D eigenvalue weighted by Gasteiger charge is 2.20. The number of benzene rings is 1. The lowest BCUT2D eigenvalue weighted by molar-refractivity contribution is -0.392. The SMILES string of the molecule is COc1ccccc1C(=O)NNC(=O)Cn1c([N+](=O)[O-])cnc1C. The summed E-state index contributed by atoms with van der Waals surface area (Å²) in [4.78, 5) is 38.0. The van der Waals surface area contributed by atoms with Crippen molar-refractivity contribution in [3.63, 3.8) is 0 Å². The summed E-state index contributed by atoms with van der Waals surface area (Å²) in [6.07, 6.45) is 1.07. The normalized spacial score (nSPS) is 10.1. The number of rotatable bonds is 5. The first-order valence-electron chi connectivity index (χ1n) is 6.82. The van der Waals surface area contributed by atoms with Crippen LogP contribution in [0.4, 0.5) is 5.82 Å². The van der Waals surface area contributed by atoms with Crippen molar-refractivity contribution in [3.8, 4) is 5.75 Å². The fraction of sp³-hybridized carbons (Fsp3) is 0.214. The van der Waals surface area contributed by atoms with Crippen LogP contribution < -0.4 is 15.6 Å². The molecule has 0 aliphatic heterocycles. The Bertz CT molecular complexity index is 786.